The average Bonchev–Trinajstić information content (AvgIpc) is 3.28. The predicted molar refractivity (Wildman–Crippen MR) is 108 cm³/mol. The molecule has 4 rings (SSSR count). The van der Waals surface area contributed by atoms with Crippen molar-refractivity contribution in [3.8, 4) is 0 Å². The molecule has 3 fully saturated rings. The van der Waals surface area contributed by atoms with E-state index in [-0.39, 0.29) is 24.4 Å². The van der Waals surface area contributed by atoms with Gasteiger partial charge in [0.1, 0.15) is 24.4 Å². The molecule has 7 nitrogen and oxygen atoms in total. The van der Waals surface area contributed by atoms with Crippen molar-refractivity contribution in [1.29, 1.82) is 0 Å². The Morgan fingerprint density at radius 3 is 2.45 bits per heavy atom. The molecule has 7 heteroatoms. The summed E-state index contributed by atoms with van der Waals surface area (Å²) in [6.07, 6.45) is -0.568. The van der Waals surface area contributed by atoms with Crippen LogP contribution in [0.5, 0.6) is 0 Å². The van der Waals surface area contributed by atoms with Crippen molar-refractivity contribution >= 4 is 5.69 Å². The first-order valence-corrected chi connectivity index (χ1v) is 10.4. The van der Waals surface area contributed by atoms with Crippen molar-refractivity contribution in [2.24, 2.45) is 0 Å². The van der Waals surface area contributed by atoms with Crippen molar-refractivity contribution in [3.63, 3.8) is 0 Å². The minimum atomic E-state index is -0.679. The molecule has 5 atom stereocenters. The van der Waals surface area contributed by atoms with Crippen LogP contribution < -0.4 is 4.90 Å². The van der Waals surface area contributed by atoms with E-state index in [4.69, 9.17) is 28.4 Å². The molecule has 29 heavy (non-hydrogen) atoms. The van der Waals surface area contributed by atoms with Gasteiger partial charge in [0.25, 0.3) is 0 Å². The highest BCUT2D eigenvalue weighted by Crippen LogP contribution is 2.41. The maximum atomic E-state index is 6.30. The minimum Gasteiger partial charge on any atom is -0.375 e. The third kappa shape index (κ3) is 4.76. The van der Waals surface area contributed by atoms with Crippen molar-refractivity contribution < 1.29 is 28.4 Å². The van der Waals surface area contributed by atoms with Crippen LogP contribution in [0.1, 0.15) is 34.1 Å². The van der Waals surface area contributed by atoms with Gasteiger partial charge in [-0.1, -0.05) is 18.2 Å². The number of hydrogen-bond acceptors (Lipinski definition) is 7. The molecule has 3 heterocycles. The molecule has 1 aromatic carbocycles. The van der Waals surface area contributed by atoms with Gasteiger partial charge < -0.3 is 33.3 Å². The average molecular weight is 408 g/mol. The van der Waals surface area contributed by atoms with Crippen LogP contribution in [0.15, 0.2) is 30.3 Å². The van der Waals surface area contributed by atoms with E-state index in [1.54, 1.807) is 0 Å². The lowest BCUT2D eigenvalue weighted by atomic mass is 10.1. The fraction of sp³-hybridized carbons (Fsp3) is 0.727. The molecule has 0 N–H and O–H groups in total. The third-order valence-corrected chi connectivity index (χ3v) is 5.57. The Bertz CT molecular complexity index is 681. The summed E-state index contributed by atoms with van der Waals surface area (Å²) in [5.74, 6) is -1.29. The molecule has 0 aliphatic carbocycles. The van der Waals surface area contributed by atoms with Gasteiger partial charge in [0, 0.05) is 25.9 Å². The summed E-state index contributed by atoms with van der Waals surface area (Å²) in [5.41, 5.74) is 1.20. The van der Waals surface area contributed by atoms with E-state index in [9.17, 15) is 0 Å². The van der Waals surface area contributed by atoms with Gasteiger partial charge in [-0.2, -0.15) is 0 Å². The maximum Gasteiger partial charge on any atom is 0.190 e. The van der Waals surface area contributed by atoms with Crippen LogP contribution in [-0.4, -0.2) is 69.1 Å². The zero-order chi connectivity index (χ0) is 20.6. The number of fused-ring (bicyclic) bond motifs is 1. The van der Waals surface area contributed by atoms with Gasteiger partial charge in [-0.05, 0) is 46.2 Å². The lowest BCUT2D eigenvalue weighted by Crippen LogP contribution is -2.44. The zero-order valence-corrected chi connectivity index (χ0v) is 18.0. The highest BCUT2D eigenvalue weighted by atomic mass is 16.8. The molecule has 0 amide bonds. The summed E-state index contributed by atoms with van der Waals surface area (Å²) in [5, 5.41) is 0. The molecular formula is C22H33NO6. The molecule has 0 radical (unpaired) electrons. The van der Waals surface area contributed by atoms with E-state index in [0.29, 0.717) is 13.2 Å². The molecule has 5 unspecified atom stereocenters. The van der Waals surface area contributed by atoms with Crippen molar-refractivity contribution in [2.45, 2.75) is 76.4 Å². The van der Waals surface area contributed by atoms with E-state index in [2.05, 4.69) is 24.1 Å². The van der Waals surface area contributed by atoms with Gasteiger partial charge in [0.15, 0.2) is 17.9 Å². The van der Waals surface area contributed by atoms with Gasteiger partial charge in [0.05, 0.1) is 6.61 Å². The summed E-state index contributed by atoms with van der Waals surface area (Å²) in [6, 6.07) is 10.3. The molecule has 3 saturated heterocycles. The lowest BCUT2D eigenvalue weighted by molar-refractivity contribution is -0.235. The van der Waals surface area contributed by atoms with Gasteiger partial charge in [-0.25, -0.2) is 0 Å². The van der Waals surface area contributed by atoms with Crippen LogP contribution in [0, 0.1) is 0 Å². The number of nitrogens with zero attached hydrogens (tertiary/aromatic N) is 1. The van der Waals surface area contributed by atoms with Crippen molar-refractivity contribution in [3.05, 3.63) is 30.3 Å². The molecule has 0 saturated carbocycles. The fourth-order valence-electron chi connectivity index (χ4n) is 4.20. The topological polar surface area (TPSA) is 58.6 Å². The first-order chi connectivity index (χ1) is 13.7. The molecule has 0 aromatic heterocycles. The second-order valence-electron chi connectivity index (χ2n) is 8.88. The van der Waals surface area contributed by atoms with Gasteiger partial charge in [-0.3, -0.25) is 0 Å². The number of anilines is 1. The van der Waals surface area contributed by atoms with Gasteiger partial charge in [0.2, 0.25) is 0 Å². The number of hydrogen-bond donors (Lipinski definition) is 0. The van der Waals surface area contributed by atoms with E-state index in [0.717, 1.165) is 13.0 Å². The fourth-order valence-corrected chi connectivity index (χ4v) is 4.20. The Morgan fingerprint density at radius 2 is 1.76 bits per heavy atom. The molecular weight excluding hydrogens is 374 g/mol. The second kappa shape index (κ2) is 8.13. The Labute approximate surface area is 173 Å². The predicted octanol–water partition coefficient (Wildman–Crippen LogP) is 2.93. The highest BCUT2D eigenvalue weighted by Gasteiger charge is 2.58. The molecule has 0 bridgehead atoms. The van der Waals surface area contributed by atoms with Crippen molar-refractivity contribution in [1.82, 2.24) is 0 Å². The van der Waals surface area contributed by atoms with Gasteiger partial charge in [-0.15, -0.1) is 0 Å². The second-order valence-corrected chi connectivity index (χ2v) is 8.88. The first kappa shape index (κ1) is 21.0. The zero-order valence-electron chi connectivity index (χ0n) is 18.0. The number of benzene rings is 1. The number of rotatable bonds is 7. The van der Waals surface area contributed by atoms with Crippen LogP contribution in [0.4, 0.5) is 5.69 Å². The maximum absolute atomic E-state index is 6.30. The minimum absolute atomic E-state index is 0.206. The number of ether oxygens (including phenoxy) is 6. The van der Waals surface area contributed by atoms with Gasteiger partial charge >= 0.3 is 0 Å². The van der Waals surface area contributed by atoms with Crippen LogP contribution in [0.3, 0.4) is 0 Å². The summed E-state index contributed by atoms with van der Waals surface area (Å²) in [7, 11) is 2.09. The third-order valence-electron chi connectivity index (χ3n) is 5.57. The summed E-state index contributed by atoms with van der Waals surface area (Å²) >= 11 is 0. The molecule has 3 aliphatic heterocycles. The summed E-state index contributed by atoms with van der Waals surface area (Å²) in [4.78, 5) is 2.23. The molecule has 0 spiro atoms. The molecule has 1 aromatic rings. The first-order valence-electron chi connectivity index (χ1n) is 10.4. The smallest absolute Gasteiger partial charge is 0.190 e. The van der Waals surface area contributed by atoms with Crippen LogP contribution in [0.25, 0.3) is 0 Å². The van der Waals surface area contributed by atoms with E-state index in [1.165, 1.54) is 5.69 Å². The Balaban J connectivity index is 1.34. The lowest BCUT2D eigenvalue weighted by Gasteiger charge is -2.29. The van der Waals surface area contributed by atoms with Crippen LogP contribution in [0.2, 0.25) is 0 Å². The van der Waals surface area contributed by atoms with Crippen LogP contribution in [-0.2, 0) is 28.4 Å². The Morgan fingerprint density at radius 1 is 1.00 bits per heavy atom. The largest absolute Gasteiger partial charge is 0.375 e. The summed E-state index contributed by atoms with van der Waals surface area (Å²) < 4.78 is 36.3. The Kier molecular flexibility index (Phi) is 5.90. The Hall–Kier alpha value is -1.22. The monoisotopic (exact) mass is 407 g/mol. The molecule has 162 valence electrons. The number of para-hydroxylation sites is 1. The SMILES string of the molecule is CN(CCCOC1C(C2COC(C)(C)O2)OC2OC(C)(C)OC21)c1ccccc1. The normalized spacial score (nSPS) is 35.0. The van der Waals surface area contributed by atoms with Crippen molar-refractivity contribution in [2.75, 3.05) is 31.7 Å². The molecule has 3 aliphatic rings. The highest BCUT2D eigenvalue weighted by molar-refractivity contribution is 5.44. The van der Waals surface area contributed by atoms with E-state index < -0.39 is 17.9 Å². The standard InChI is InChI=1S/C22H33NO6/c1-21(2)25-14-16(27-21)17-18(19-20(26-17)29-22(3,4)28-19)24-13-9-12-23(5)15-10-7-6-8-11-15/h6-8,10-11,16-20H,9,12-14H2,1-5H3. The summed E-state index contributed by atoms with van der Waals surface area (Å²) in [6.45, 7) is 9.59. The van der Waals surface area contributed by atoms with E-state index in [1.807, 2.05) is 45.9 Å². The van der Waals surface area contributed by atoms with Crippen LogP contribution >= 0.6 is 0 Å². The van der Waals surface area contributed by atoms with E-state index >= 15 is 0 Å². The quantitative estimate of drug-likeness (QED) is 0.644.